The molecule has 112 valence electrons. The van der Waals surface area contributed by atoms with Crippen molar-refractivity contribution in [2.24, 2.45) is 5.73 Å². The van der Waals surface area contributed by atoms with Crippen LogP contribution < -0.4 is 15.2 Å². The quantitative estimate of drug-likeness (QED) is 0.743. The molecule has 2 aromatic rings. The van der Waals surface area contributed by atoms with Gasteiger partial charge in [-0.05, 0) is 52.0 Å². The Balaban J connectivity index is 2.33. The van der Waals surface area contributed by atoms with Gasteiger partial charge in [0.05, 0.1) is 11.6 Å². The van der Waals surface area contributed by atoms with E-state index in [1.54, 1.807) is 18.9 Å². The summed E-state index contributed by atoms with van der Waals surface area (Å²) in [5.41, 5.74) is 6.93. The summed E-state index contributed by atoms with van der Waals surface area (Å²) in [7, 11) is 1.64. The lowest BCUT2D eigenvalue weighted by Crippen LogP contribution is -2.02. The Hall–Kier alpha value is -1.17. The van der Waals surface area contributed by atoms with Gasteiger partial charge in [-0.25, -0.2) is 0 Å². The van der Waals surface area contributed by atoms with Gasteiger partial charge in [-0.15, -0.1) is 11.8 Å². The zero-order valence-corrected chi connectivity index (χ0v) is 14.5. The van der Waals surface area contributed by atoms with Crippen LogP contribution in [0.4, 0.5) is 0 Å². The van der Waals surface area contributed by atoms with Crippen molar-refractivity contribution in [1.82, 2.24) is 0 Å². The predicted octanol–water partition coefficient (Wildman–Crippen LogP) is 4.82. The maximum Gasteiger partial charge on any atom is 0.141 e. The first-order chi connectivity index (χ1) is 10.2. The zero-order chi connectivity index (χ0) is 15.2. The predicted molar refractivity (Wildman–Crippen MR) is 91.5 cm³/mol. The smallest absolute Gasteiger partial charge is 0.141 e. The van der Waals surface area contributed by atoms with Gasteiger partial charge in [-0.1, -0.05) is 13.0 Å². The molecule has 0 aliphatic heterocycles. The highest BCUT2D eigenvalue weighted by Crippen LogP contribution is 2.36. The number of rotatable bonds is 6. The normalized spacial score (nSPS) is 10.5. The van der Waals surface area contributed by atoms with Gasteiger partial charge in [0.15, 0.2) is 0 Å². The van der Waals surface area contributed by atoms with Gasteiger partial charge in [-0.2, -0.15) is 0 Å². The molecule has 0 amide bonds. The topological polar surface area (TPSA) is 44.5 Å². The van der Waals surface area contributed by atoms with E-state index in [4.69, 9.17) is 15.2 Å². The third-order valence-electron chi connectivity index (χ3n) is 2.95. The van der Waals surface area contributed by atoms with Gasteiger partial charge in [0, 0.05) is 17.0 Å². The Labute approximate surface area is 138 Å². The van der Waals surface area contributed by atoms with Crippen molar-refractivity contribution in [2.75, 3.05) is 12.9 Å². The van der Waals surface area contributed by atoms with E-state index in [-0.39, 0.29) is 0 Å². The maximum atomic E-state index is 6.02. The van der Waals surface area contributed by atoms with Crippen LogP contribution >= 0.6 is 27.7 Å². The number of hydrogen-bond acceptors (Lipinski definition) is 4. The van der Waals surface area contributed by atoms with Gasteiger partial charge in [-0.3, -0.25) is 0 Å². The average molecular weight is 368 g/mol. The number of halogens is 1. The lowest BCUT2D eigenvalue weighted by Gasteiger charge is -2.15. The van der Waals surface area contributed by atoms with E-state index in [2.05, 4.69) is 28.9 Å². The summed E-state index contributed by atoms with van der Waals surface area (Å²) in [4.78, 5) is 1.17. The van der Waals surface area contributed by atoms with Crippen LogP contribution in [-0.2, 0) is 6.54 Å². The van der Waals surface area contributed by atoms with Crippen molar-refractivity contribution in [3.8, 4) is 17.2 Å². The standard InChI is InChI=1S/C16H18BrNO2S/c1-3-21-16-6-4-5-14(12(16)10-18)20-15-8-7-11(19-2)9-13(15)17/h4-9H,3,10,18H2,1-2H3. The molecule has 0 saturated heterocycles. The SMILES string of the molecule is CCSc1cccc(Oc2ccc(OC)cc2Br)c1CN. The first-order valence-corrected chi connectivity index (χ1v) is 8.43. The minimum Gasteiger partial charge on any atom is -0.497 e. The number of nitrogens with two attached hydrogens (primary N) is 1. The Morgan fingerprint density at radius 2 is 2.00 bits per heavy atom. The molecule has 0 aromatic heterocycles. The van der Waals surface area contributed by atoms with E-state index in [1.165, 1.54) is 4.90 Å². The summed E-state index contributed by atoms with van der Waals surface area (Å²) in [5, 5.41) is 0. The van der Waals surface area contributed by atoms with Gasteiger partial charge < -0.3 is 15.2 Å². The molecular weight excluding hydrogens is 350 g/mol. The second kappa shape index (κ2) is 7.73. The van der Waals surface area contributed by atoms with Crippen molar-refractivity contribution < 1.29 is 9.47 Å². The zero-order valence-electron chi connectivity index (χ0n) is 12.1. The van der Waals surface area contributed by atoms with Crippen molar-refractivity contribution in [1.29, 1.82) is 0 Å². The Morgan fingerprint density at radius 1 is 1.19 bits per heavy atom. The lowest BCUT2D eigenvalue weighted by molar-refractivity contribution is 0.412. The summed E-state index contributed by atoms with van der Waals surface area (Å²) in [6, 6.07) is 11.6. The van der Waals surface area contributed by atoms with Crippen molar-refractivity contribution in [3.63, 3.8) is 0 Å². The fourth-order valence-electron chi connectivity index (χ4n) is 1.94. The number of hydrogen-bond donors (Lipinski definition) is 1. The molecule has 2 aromatic carbocycles. The Bertz CT molecular complexity index is 619. The van der Waals surface area contributed by atoms with Crippen LogP contribution in [0.5, 0.6) is 17.2 Å². The molecule has 21 heavy (non-hydrogen) atoms. The Kier molecular flexibility index (Phi) is 5.96. The molecule has 0 bridgehead atoms. The second-order valence-electron chi connectivity index (χ2n) is 4.27. The van der Waals surface area contributed by atoms with Crippen LogP contribution in [0.15, 0.2) is 45.8 Å². The summed E-state index contributed by atoms with van der Waals surface area (Å²) < 4.78 is 12.1. The molecule has 0 heterocycles. The van der Waals surface area contributed by atoms with Crippen molar-refractivity contribution in [3.05, 3.63) is 46.4 Å². The third-order valence-corrected chi connectivity index (χ3v) is 4.55. The highest BCUT2D eigenvalue weighted by Gasteiger charge is 2.11. The first-order valence-electron chi connectivity index (χ1n) is 6.65. The minimum absolute atomic E-state index is 0.451. The fraction of sp³-hybridized carbons (Fsp3) is 0.250. The van der Waals surface area contributed by atoms with Crippen LogP contribution in [0.25, 0.3) is 0 Å². The largest absolute Gasteiger partial charge is 0.497 e. The maximum absolute atomic E-state index is 6.02. The molecule has 3 nitrogen and oxygen atoms in total. The summed E-state index contributed by atoms with van der Waals surface area (Å²) in [5.74, 6) is 3.32. The molecule has 0 spiro atoms. The lowest BCUT2D eigenvalue weighted by atomic mass is 10.2. The molecule has 0 unspecified atom stereocenters. The van der Waals surface area contributed by atoms with Crippen LogP contribution in [-0.4, -0.2) is 12.9 Å². The highest BCUT2D eigenvalue weighted by molar-refractivity contribution is 9.10. The molecule has 0 aliphatic rings. The monoisotopic (exact) mass is 367 g/mol. The van der Waals surface area contributed by atoms with E-state index < -0.39 is 0 Å². The molecule has 0 aliphatic carbocycles. The minimum atomic E-state index is 0.451. The number of benzene rings is 2. The number of methoxy groups -OCH3 is 1. The Morgan fingerprint density at radius 3 is 2.62 bits per heavy atom. The van der Waals surface area contributed by atoms with Crippen molar-refractivity contribution >= 4 is 27.7 Å². The molecule has 5 heteroatoms. The van der Waals surface area contributed by atoms with Crippen LogP contribution in [0, 0.1) is 0 Å². The van der Waals surface area contributed by atoms with Gasteiger partial charge >= 0.3 is 0 Å². The van der Waals surface area contributed by atoms with Crippen LogP contribution in [0.2, 0.25) is 0 Å². The molecule has 0 saturated carbocycles. The summed E-state index contributed by atoms with van der Waals surface area (Å²) >= 11 is 5.27. The van der Waals surface area contributed by atoms with E-state index >= 15 is 0 Å². The van der Waals surface area contributed by atoms with Crippen LogP contribution in [0.3, 0.4) is 0 Å². The fourth-order valence-corrected chi connectivity index (χ4v) is 3.23. The van der Waals surface area contributed by atoms with Crippen molar-refractivity contribution in [2.45, 2.75) is 18.4 Å². The van der Waals surface area contributed by atoms with Crippen LogP contribution in [0.1, 0.15) is 12.5 Å². The summed E-state index contributed by atoms with van der Waals surface area (Å²) in [6.07, 6.45) is 0. The molecule has 0 fully saturated rings. The average Bonchev–Trinajstić information content (AvgIpc) is 2.50. The second-order valence-corrected chi connectivity index (χ2v) is 6.43. The summed E-state index contributed by atoms with van der Waals surface area (Å²) in [6.45, 7) is 2.57. The molecule has 0 radical (unpaired) electrons. The van der Waals surface area contributed by atoms with E-state index in [0.717, 1.165) is 33.0 Å². The number of thioether (sulfide) groups is 1. The molecule has 2 rings (SSSR count). The molecular formula is C16H18BrNO2S. The van der Waals surface area contributed by atoms with E-state index in [0.29, 0.717) is 6.54 Å². The van der Waals surface area contributed by atoms with E-state index in [9.17, 15) is 0 Å². The number of ether oxygens (including phenoxy) is 2. The van der Waals surface area contributed by atoms with Gasteiger partial charge in [0.2, 0.25) is 0 Å². The molecule has 2 N–H and O–H groups in total. The van der Waals surface area contributed by atoms with Gasteiger partial charge in [0.1, 0.15) is 17.2 Å². The van der Waals surface area contributed by atoms with E-state index in [1.807, 2.05) is 30.3 Å². The van der Waals surface area contributed by atoms with Gasteiger partial charge in [0.25, 0.3) is 0 Å². The third kappa shape index (κ3) is 3.93. The highest BCUT2D eigenvalue weighted by atomic mass is 79.9. The molecule has 0 atom stereocenters. The first kappa shape index (κ1) is 16.2.